The van der Waals surface area contributed by atoms with Gasteiger partial charge in [-0.25, -0.2) is 4.39 Å². The number of anilines is 1. The SMILES string of the molecule is C=C/C=C(/c1cccc(F)c1)c1cc(-c2n[nH]c(=C/C)/c2=C\C(=C)c2cncc(NC(=C)C(C)(C)C)c2)[nH]c1C. The fourth-order valence-electron chi connectivity index (χ4n) is 4.32. The minimum Gasteiger partial charge on any atom is -0.358 e. The zero-order valence-corrected chi connectivity index (χ0v) is 23.8. The monoisotopic (exact) mass is 533 g/mol. The lowest BCUT2D eigenvalue weighted by molar-refractivity contribution is 0.509. The van der Waals surface area contributed by atoms with E-state index in [1.165, 1.54) is 12.1 Å². The lowest BCUT2D eigenvalue weighted by Crippen LogP contribution is -2.23. The van der Waals surface area contributed by atoms with Crippen LogP contribution in [-0.4, -0.2) is 20.2 Å². The molecule has 0 amide bonds. The second-order valence-corrected chi connectivity index (χ2v) is 10.7. The van der Waals surface area contributed by atoms with E-state index in [2.05, 4.69) is 66.0 Å². The van der Waals surface area contributed by atoms with Gasteiger partial charge < -0.3 is 10.3 Å². The summed E-state index contributed by atoms with van der Waals surface area (Å²) in [5.74, 6) is -0.289. The smallest absolute Gasteiger partial charge is 0.123 e. The Bertz CT molecular complexity index is 1740. The van der Waals surface area contributed by atoms with Crippen molar-refractivity contribution in [2.75, 3.05) is 5.32 Å². The number of aromatic nitrogens is 4. The van der Waals surface area contributed by atoms with Gasteiger partial charge in [0, 0.05) is 39.3 Å². The van der Waals surface area contributed by atoms with Crippen LogP contribution in [0.1, 0.15) is 50.1 Å². The first-order valence-corrected chi connectivity index (χ1v) is 13.1. The highest BCUT2D eigenvalue weighted by atomic mass is 19.1. The summed E-state index contributed by atoms with van der Waals surface area (Å²) < 4.78 is 14.0. The number of halogens is 1. The van der Waals surface area contributed by atoms with Crippen LogP contribution in [0.3, 0.4) is 0 Å². The largest absolute Gasteiger partial charge is 0.358 e. The van der Waals surface area contributed by atoms with Crippen LogP contribution < -0.4 is 15.9 Å². The molecule has 3 heterocycles. The molecule has 0 saturated carbocycles. The molecule has 0 radical (unpaired) electrons. The van der Waals surface area contributed by atoms with Gasteiger partial charge in [0.2, 0.25) is 0 Å². The molecule has 0 aliphatic carbocycles. The highest BCUT2D eigenvalue weighted by Gasteiger charge is 2.17. The maximum Gasteiger partial charge on any atom is 0.123 e. The number of nitrogens with one attached hydrogen (secondary N) is 3. The van der Waals surface area contributed by atoms with Gasteiger partial charge >= 0.3 is 0 Å². The molecule has 0 aliphatic rings. The Balaban J connectivity index is 1.76. The van der Waals surface area contributed by atoms with Crippen molar-refractivity contribution in [2.24, 2.45) is 5.41 Å². The van der Waals surface area contributed by atoms with E-state index < -0.39 is 0 Å². The number of H-pyrrole nitrogens is 2. The lowest BCUT2D eigenvalue weighted by Gasteiger charge is -2.23. The molecule has 6 heteroatoms. The van der Waals surface area contributed by atoms with Crippen LogP contribution in [0.4, 0.5) is 10.1 Å². The second-order valence-electron chi connectivity index (χ2n) is 10.7. The summed E-state index contributed by atoms with van der Waals surface area (Å²) in [4.78, 5) is 7.89. The van der Waals surface area contributed by atoms with Gasteiger partial charge in [-0.15, -0.1) is 0 Å². The second kappa shape index (κ2) is 11.6. The molecule has 0 unspecified atom stereocenters. The van der Waals surface area contributed by atoms with Crippen molar-refractivity contribution in [2.45, 2.75) is 34.6 Å². The Hall–Kier alpha value is -4.71. The molecule has 1 aromatic carbocycles. The van der Waals surface area contributed by atoms with Crippen LogP contribution in [0.15, 0.2) is 86.4 Å². The molecule has 204 valence electrons. The molecule has 5 nitrogen and oxygen atoms in total. The van der Waals surface area contributed by atoms with Crippen molar-refractivity contribution in [1.29, 1.82) is 0 Å². The molecule has 40 heavy (non-hydrogen) atoms. The standard InChI is InChI=1S/C34H36FN5/c1-9-12-28(24-13-11-14-26(35)16-24)29-18-32(37-22(29)4)33-30(31(10-2)39-40-33)15-21(3)25-17-27(20-36-19-25)38-23(5)34(6,7)8/h9-20,37-39H,1,3,5H2,2,4,6-8H3/b28-12-,30-15+,31-10+. The summed E-state index contributed by atoms with van der Waals surface area (Å²) in [7, 11) is 0. The van der Waals surface area contributed by atoms with Gasteiger partial charge in [-0.1, -0.05) is 70.9 Å². The van der Waals surface area contributed by atoms with E-state index in [0.29, 0.717) is 0 Å². The molecule has 4 aromatic rings. The van der Waals surface area contributed by atoms with Crippen molar-refractivity contribution in [3.05, 3.63) is 125 Å². The minimum atomic E-state index is -0.289. The van der Waals surface area contributed by atoms with E-state index in [9.17, 15) is 4.39 Å². The van der Waals surface area contributed by atoms with Crippen LogP contribution >= 0.6 is 0 Å². The molecule has 0 atom stereocenters. The topological polar surface area (TPSA) is 69.4 Å². The van der Waals surface area contributed by atoms with E-state index >= 15 is 0 Å². The van der Waals surface area contributed by atoms with Gasteiger partial charge in [0.05, 0.1) is 22.9 Å². The number of allylic oxidation sites excluding steroid dienone is 4. The molecular formula is C34H36FN5. The third-order valence-corrected chi connectivity index (χ3v) is 6.73. The summed E-state index contributed by atoms with van der Waals surface area (Å²) in [6.07, 6.45) is 11.2. The normalized spacial score (nSPS) is 13.0. The number of rotatable bonds is 8. The van der Waals surface area contributed by atoms with Crippen LogP contribution in [0.2, 0.25) is 0 Å². The fourth-order valence-corrected chi connectivity index (χ4v) is 4.32. The maximum absolute atomic E-state index is 14.0. The predicted octanol–water partition coefficient (Wildman–Crippen LogP) is 7.13. The predicted molar refractivity (Wildman–Crippen MR) is 166 cm³/mol. The highest BCUT2D eigenvalue weighted by molar-refractivity contribution is 5.89. The Morgan fingerprint density at radius 3 is 2.52 bits per heavy atom. The number of benzene rings is 1. The zero-order valence-electron chi connectivity index (χ0n) is 23.8. The van der Waals surface area contributed by atoms with Crippen LogP contribution in [0.25, 0.3) is 34.7 Å². The molecule has 0 bridgehead atoms. The summed E-state index contributed by atoms with van der Waals surface area (Å²) in [6.45, 7) is 22.6. The Labute approximate surface area is 235 Å². The molecule has 0 spiro atoms. The van der Waals surface area contributed by atoms with Crippen molar-refractivity contribution in [1.82, 2.24) is 20.2 Å². The number of nitrogens with zero attached hydrogens (tertiary/aromatic N) is 2. The first kappa shape index (κ1) is 28.3. The van der Waals surface area contributed by atoms with Crippen molar-refractivity contribution in [3.8, 4) is 11.4 Å². The molecule has 0 saturated heterocycles. The lowest BCUT2D eigenvalue weighted by atomic mass is 9.93. The number of pyridine rings is 1. The van der Waals surface area contributed by atoms with Crippen molar-refractivity contribution < 1.29 is 4.39 Å². The Morgan fingerprint density at radius 1 is 1.07 bits per heavy atom. The number of hydrogen-bond donors (Lipinski definition) is 3. The molecule has 0 aliphatic heterocycles. The molecule has 0 fully saturated rings. The number of aromatic amines is 2. The summed E-state index contributed by atoms with van der Waals surface area (Å²) >= 11 is 0. The van der Waals surface area contributed by atoms with E-state index in [4.69, 9.17) is 0 Å². The van der Waals surface area contributed by atoms with Gasteiger partial charge in [0.1, 0.15) is 11.5 Å². The van der Waals surface area contributed by atoms with Gasteiger partial charge in [-0.05, 0) is 60.9 Å². The quantitative estimate of drug-likeness (QED) is 0.211. The maximum atomic E-state index is 14.0. The highest BCUT2D eigenvalue weighted by Crippen LogP contribution is 2.30. The third-order valence-electron chi connectivity index (χ3n) is 6.73. The van der Waals surface area contributed by atoms with E-state index in [1.807, 2.05) is 50.3 Å². The van der Waals surface area contributed by atoms with Crippen molar-refractivity contribution in [3.63, 3.8) is 0 Å². The number of hydrogen-bond acceptors (Lipinski definition) is 3. The van der Waals surface area contributed by atoms with E-state index in [1.54, 1.807) is 24.5 Å². The molecule has 3 aromatic heterocycles. The van der Waals surface area contributed by atoms with Gasteiger partial charge in [-0.2, -0.15) is 5.10 Å². The first-order chi connectivity index (χ1) is 19.0. The summed E-state index contributed by atoms with van der Waals surface area (Å²) in [6, 6.07) is 10.6. The summed E-state index contributed by atoms with van der Waals surface area (Å²) in [5.41, 5.74) is 8.45. The minimum absolute atomic E-state index is 0.0842. The van der Waals surface area contributed by atoms with E-state index in [0.717, 1.165) is 66.9 Å². The Kier molecular flexibility index (Phi) is 8.19. The van der Waals surface area contributed by atoms with Crippen molar-refractivity contribution >= 4 is 29.0 Å². The van der Waals surface area contributed by atoms with Crippen LogP contribution in [0.5, 0.6) is 0 Å². The van der Waals surface area contributed by atoms with E-state index in [-0.39, 0.29) is 11.2 Å². The van der Waals surface area contributed by atoms with Gasteiger partial charge in [-0.3, -0.25) is 10.1 Å². The van der Waals surface area contributed by atoms with Crippen LogP contribution in [-0.2, 0) is 0 Å². The fraction of sp³-hybridized carbons (Fsp3) is 0.176. The average molecular weight is 534 g/mol. The Morgan fingerprint density at radius 2 is 1.85 bits per heavy atom. The third kappa shape index (κ3) is 6.12. The molecule has 4 rings (SSSR count). The average Bonchev–Trinajstić information content (AvgIpc) is 3.49. The first-order valence-electron chi connectivity index (χ1n) is 13.1. The molecule has 3 N–H and O–H groups in total. The zero-order chi connectivity index (χ0) is 29.0. The van der Waals surface area contributed by atoms with Gasteiger partial charge in [0.25, 0.3) is 0 Å². The van der Waals surface area contributed by atoms with Crippen LogP contribution in [0, 0.1) is 18.2 Å². The van der Waals surface area contributed by atoms with Gasteiger partial charge in [0.15, 0.2) is 0 Å². The molecular weight excluding hydrogens is 497 g/mol. The number of aryl methyl sites for hydroxylation is 1. The summed E-state index contributed by atoms with van der Waals surface area (Å²) in [5, 5.41) is 12.9.